The van der Waals surface area contributed by atoms with Crippen LogP contribution < -0.4 is 0 Å². The summed E-state index contributed by atoms with van der Waals surface area (Å²) in [5.41, 5.74) is 0. The zero-order valence-electron chi connectivity index (χ0n) is 9.75. The molecule has 1 saturated carbocycles. The summed E-state index contributed by atoms with van der Waals surface area (Å²) >= 11 is 0. The Bertz CT molecular complexity index is 493. The lowest BCUT2D eigenvalue weighted by atomic mass is 10.1. The Morgan fingerprint density at radius 3 is 2.41 bits per heavy atom. The van der Waals surface area contributed by atoms with E-state index in [2.05, 4.69) is 0 Å². The quantitative estimate of drug-likeness (QED) is 0.826. The Labute approximate surface area is 102 Å². The summed E-state index contributed by atoms with van der Waals surface area (Å²) < 4.78 is 26.7. The first-order valence-electron chi connectivity index (χ1n) is 6.26. The van der Waals surface area contributed by atoms with Gasteiger partial charge < -0.3 is 0 Å². The molecule has 1 atom stereocenters. The SMILES string of the molecule is O=S(=O)(c1ccccc1)N1CCCC1C1CC1. The van der Waals surface area contributed by atoms with Gasteiger partial charge in [0.05, 0.1) is 4.90 Å². The second kappa shape index (κ2) is 4.10. The monoisotopic (exact) mass is 251 g/mol. The van der Waals surface area contributed by atoms with Crippen LogP contribution in [0.3, 0.4) is 0 Å². The Morgan fingerprint density at radius 2 is 1.76 bits per heavy atom. The second-order valence-electron chi connectivity index (χ2n) is 4.98. The zero-order valence-corrected chi connectivity index (χ0v) is 10.6. The minimum absolute atomic E-state index is 0.264. The highest BCUT2D eigenvalue weighted by Crippen LogP contribution is 2.42. The first-order chi connectivity index (χ1) is 8.19. The van der Waals surface area contributed by atoms with Gasteiger partial charge in [-0.25, -0.2) is 8.42 Å². The van der Waals surface area contributed by atoms with Crippen LogP contribution in [-0.2, 0) is 10.0 Å². The van der Waals surface area contributed by atoms with Gasteiger partial charge >= 0.3 is 0 Å². The molecule has 0 bridgehead atoms. The van der Waals surface area contributed by atoms with E-state index >= 15 is 0 Å². The van der Waals surface area contributed by atoms with Gasteiger partial charge in [0.15, 0.2) is 0 Å². The van der Waals surface area contributed by atoms with Crippen molar-refractivity contribution in [3.05, 3.63) is 30.3 Å². The smallest absolute Gasteiger partial charge is 0.207 e. The molecule has 0 radical (unpaired) electrons. The fraction of sp³-hybridized carbons (Fsp3) is 0.538. The van der Waals surface area contributed by atoms with E-state index in [-0.39, 0.29) is 6.04 Å². The maximum atomic E-state index is 12.5. The van der Waals surface area contributed by atoms with E-state index in [9.17, 15) is 8.42 Å². The van der Waals surface area contributed by atoms with Gasteiger partial charge in [0.25, 0.3) is 0 Å². The largest absolute Gasteiger partial charge is 0.243 e. The molecular weight excluding hydrogens is 234 g/mol. The molecule has 2 fully saturated rings. The molecule has 92 valence electrons. The number of rotatable bonds is 3. The Hall–Kier alpha value is -0.870. The van der Waals surface area contributed by atoms with Crippen molar-refractivity contribution in [1.82, 2.24) is 4.31 Å². The van der Waals surface area contributed by atoms with Crippen LogP contribution in [0.25, 0.3) is 0 Å². The number of nitrogens with zero attached hydrogens (tertiary/aromatic N) is 1. The van der Waals surface area contributed by atoms with E-state index in [0.29, 0.717) is 17.4 Å². The van der Waals surface area contributed by atoms with E-state index in [1.54, 1.807) is 28.6 Å². The lowest BCUT2D eigenvalue weighted by molar-refractivity contribution is 0.356. The van der Waals surface area contributed by atoms with Crippen LogP contribution in [0.4, 0.5) is 0 Å². The number of hydrogen-bond donors (Lipinski definition) is 0. The van der Waals surface area contributed by atoms with E-state index in [1.165, 1.54) is 12.8 Å². The summed E-state index contributed by atoms with van der Waals surface area (Å²) in [7, 11) is -3.26. The summed E-state index contributed by atoms with van der Waals surface area (Å²) in [5.74, 6) is 0.621. The van der Waals surface area contributed by atoms with Crippen LogP contribution in [-0.4, -0.2) is 25.3 Å². The predicted molar refractivity (Wildman–Crippen MR) is 66.1 cm³/mol. The second-order valence-corrected chi connectivity index (χ2v) is 6.87. The van der Waals surface area contributed by atoms with Gasteiger partial charge in [-0.1, -0.05) is 18.2 Å². The van der Waals surface area contributed by atoms with Gasteiger partial charge in [0, 0.05) is 12.6 Å². The maximum Gasteiger partial charge on any atom is 0.243 e. The molecule has 1 aromatic carbocycles. The Balaban J connectivity index is 1.92. The van der Waals surface area contributed by atoms with Crippen molar-refractivity contribution in [2.45, 2.75) is 36.6 Å². The van der Waals surface area contributed by atoms with Crippen molar-refractivity contribution in [2.75, 3.05) is 6.54 Å². The minimum atomic E-state index is -3.26. The van der Waals surface area contributed by atoms with Gasteiger partial charge in [-0.3, -0.25) is 0 Å². The highest BCUT2D eigenvalue weighted by atomic mass is 32.2. The summed E-state index contributed by atoms with van der Waals surface area (Å²) in [6.45, 7) is 0.693. The average Bonchev–Trinajstić information content (AvgIpc) is 3.07. The van der Waals surface area contributed by atoms with Crippen LogP contribution in [0.5, 0.6) is 0 Å². The van der Waals surface area contributed by atoms with Gasteiger partial charge in [-0.2, -0.15) is 4.31 Å². The van der Waals surface area contributed by atoms with Crippen molar-refractivity contribution in [1.29, 1.82) is 0 Å². The molecule has 1 aliphatic heterocycles. The lowest BCUT2D eigenvalue weighted by Gasteiger charge is -2.23. The van der Waals surface area contributed by atoms with Crippen LogP contribution >= 0.6 is 0 Å². The number of benzene rings is 1. The summed E-state index contributed by atoms with van der Waals surface area (Å²) in [6.07, 6.45) is 4.45. The molecule has 1 aliphatic carbocycles. The lowest BCUT2D eigenvalue weighted by Crippen LogP contribution is -2.36. The molecule has 1 unspecified atom stereocenters. The van der Waals surface area contributed by atoms with E-state index in [0.717, 1.165) is 12.8 Å². The Kier molecular flexibility index (Phi) is 2.71. The molecule has 0 aromatic heterocycles. The zero-order chi connectivity index (χ0) is 11.9. The number of hydrogen-bond acceptors (Lipinski definition) is 2. The molecule has 17 heavy (non-hydrogen) atoms. The molecule has 2 aliphatic rings. The molecule has 1 saturated heterocycles. The van der Waals surface area contributed by atoms with E-state index < -0.39 is 10.0 Å². The van der Waals surface area contributed by atoms with Crippen molar-refractivity contribution >= 4 is 10.0 Å². The molecule has 0 spiro atoms. The average molecular weight is 251 g/mol. The topological polar surface area (TPSA) is 37.4 Å². The highest BCUT2D eigenvalue weighted by molar-refractivity contribution is 7.89. The van der Waals surface area contributed by atoms with Gasteiger partial charge in [0.1, 0.15) is 0 Å². The minimum Gasteiger partial charge on any atom is -0.207 e. The third-order valence-corrected chi connectivity index (χ3v) is 5.70. The Morgan fingerprint density at radius 1 is 1.06 bits per heavy atom. The van der Waals surface area contributed by atoms with Gasteiger partial charge in [-0.05, 0) is 43.7 Å². The van der Waals surface area contributed by atoms with Crippen molar-refractivity contribution in [2.24, 2.45) is 5.92 Å². The maximum absolute atomic E-state index is 12.5. The van der Waals surface area contributed by atoms with Gasteiger partial charge in [0.2, 0.25) is 10.0 Å². The third kappa shape index (κ3) is 2.00. The predicted octanol–water partition coefficient (Wildman–Crippen LogP) is 2.25. The fourth-order valence-electron chi connectivity index (χ4n) is 2.74. The molecular formula is C13H17NO2S. The normalized spacial score (nSPS) is 26.2. The van der Waals surface area contributed by atoms with Crippen molar-refractivity contribution < 1.29 is 8.42 Å². The molecule has 0 N–H and O–H groups in total. The molecule has 1 aromatic rings. The number of sulfonamides is 1. The van der Waals surface area contributed by atoms with E-state index in [1.807, 2.05) is 6.07 Å². The van der Waals surface area contributed by atoms with Crippen LogP contribution in [0.15, 0.2) is 35.2 Å². The van der Waals surface area contributed by atoms with E-state index in [4.69, 9.17) is 0 Å². The molecule has 1 heterocycles. The van der Waals surface area contributed by atoms with Crippen molar-refractivity contribution in [3.63, 3.8) is 0 Å². The first kappa shape index (κ1) is 11.2. The van der Waals surface area contributed by atoms with Gasteiger partial charge in [-0.15, -0.1) is 0 Å². The summed E-state index contributed by atoms with van der Waals surface area (Å²) in [5, 5.41) is 0. The highest BCUT2D eigenvalue weighted by Gasteiger charge is 2.43. The summed E-state index contributed by atoms with van der Waals surface area (Å²) in [4.78, 5) is 0.438. The van der Waals surface area contributed by atoms with Crippen LogP contribution in [0.2, 0.25) is 0 Å². The first-order valence-corrected chi connectivity index (χ1v) is 7.70. The third-order valence-electron chi connectivity index (χ3n) is 3.76. The fourth-order valence-corrected chi connectivity index (χ4v) is 4.52. The summed E-state index contributed by atoms with van der Waals surface area (Å²) in [6, 6.07) is 9.07. The molecule has 3 rings (SSSR count). The molecule has 3 nitrogen and oxygen atoms in total. The molecule has 4 heteroatoms. The molecule has 0 amide bonds. The standard InChI is InChI=1S/C13H17NO2S/c15-17(16,12-5-2-1-3-6-12)14-10-4-7-13(14)11-8-9-11/h1-3,5-6,11,13H,4,7-10H2. The van der Waals surface area contributed by atoms with Crippen molar-refractivity contribution in [3.8, 4) is 0 Å². The van der Waals surface area contributed by atoms with Crippen LogP contribution in [0, 0.1) is 5.92 Å². The van der Waals surface area contributed by atoms with Crippen LogP contribution in [0.1, 0.15) is 25.7 Å².